The number of benzene rings is 1. The molecule has 4 heteroatoms. The number of nitrogens with two attached hydrogens (primary N) is 1. The standard InChI is InChI=1S/C13H11N3S/c14-13(12-7-16-8-17-12)10-3-1-2-9-4-5-15-6-11(9)10/h1-8,13H,14H2. The van der Waals surface area contributed by atoms with E-state index in [0.717, 1.165) is 21.2 Å². The zero-order valence-corrected chi connectivity index (χ0v) is 9.89. The van der Waals surface area contributed by atoms with Crippen molar-refractivity contribution in [3.05, 3.63) is 58.8 Å². The second-order valence-corrected chi connectivity index (χ2v) is 4.74. The van der Waals surface area contributed by atoms with Crippen LogP contribution in [0.5, 0.6) is 0 Å². The molecule has 2 heterocycles. The first-order valence-electron chi connectivity index (χ1n) is 5.33. The molecule has 0 aliphatic rings. The van der Waals surface area contributed by atoms with E-state index in [2.05, 4.69) is 22.1 Å². The van der Waals surface area contributed by atoms with Crippen LogP contribution in [0.4, 0.5) is 0 Å². The Morgan fingerprint density at radius 3 is 2.88 bits per heavy atom. The Balaban J connectivity index is 2.17. The minimum Gasteiger partial charge on any atom is -0.320 e. The Kier molecular flexibility index (Phi) is 2.59. The topological polar surface area (TPSA) is 51.8 Å². The summed E-state index contributed by atoms with van der Waals surface area (Å²) in [6, 6.07) is 8.01. The molecule has 2 aromatic heterocycles. The number of fused-ring (bicyclic) bond motifs is 1. The number of pyridine rings is 1. The average molecular weight is 241 g/mol. The van der Waals surface area contributed by atoms with E-state index in [9.17, 15) is 0 Å². The van der Waals surface area contributed by atoms with Crippen LogP contribution in [-0.4, -0.2) is 9.97 Å². The molecule has 0 fully saturated rings. The third-order valence-corrected chi connectivity index (χ3v) is 3.67. The third kappa shape index (κ3) is 1.81. The van der Waals surface area contributed by atoms with Gasteiger partial charge in [-0.25, -0.2) is 0 Å². The molecule has 17 heavy (non-hydrogen) atoms. The average Bonchev–Trinajstić information content (AvgIpc) is 2.91. The molecule has 0 bridgehead atoms. The van der Waals surface area contributed by atoms with Crippen molar-refractivity contribution in [1.29, 1.82) is 0 Å². The highest BCUT2D eigenvalue weighted by molar-refractivity contribution is 7.09. The van der Waals surface area contributed by atoms with Crippen LogP contribution in [-0.2, 0) is 0 Å². The fourth-order valence-electron chi connectivity index (χ4n) is 1.94. The predicted molar refractivity (Wildman–Crippen MR) is 69.9 cm³/mol. The fraction of sp³-hybridized carbons (Fsp3) is 0.0769. The first kappa shape index (κ1) is 10.4. The molecule has 0 saturated carbocycles. The van der Waals surface area contributed by atoms with Gasteiger partial charge in [0.25, 0.3) is 0 Å². The Labute approximate surface area is 103 Å². The van der Waals surface area contributed by atoms with Gasteiger partial charge in [-0.2, -0.15) is 0 Å². The van der Waals surface area contributed by atoms with E-state index in [1.54, 1.807) is 23.0 Å². The number of aromatic nitrogens is 2. The Morgan fingerprint density at radius 1 is 1.12 bits per heavy atom. The fourth-order valence-corrected chi connectivity index (χ4v) is 2.58. The Morgan fingerprint density at radius 2 is 2.06 bits per heavy atom. The molecular weight excluding hydrogens is 230 g/mol. The van der Waals surface area contributed by atoms with Crippen molar-refractivity contribution < 1.29 is 0 Å². The van der Waals surface area contributed by atoms with Crippen LogP contribution in [0.1, 0.15) is 16.5 Å². The number of rotatable bonds is 2. The van der Waals surface area contributed by atoms with Gasteiger partial charge in [-0.15, -0.1) is 11.3 Å². The Bertz CT molecular complexity index is 629. The van der Waals surface area contributed by atoms with Gasteiger partial charge in [-0.1, -0.05) is 18.2 Å². The third-order valence-electron chi connectivity index (χ3n) is 2.81. The molecule has 0 saturated heterocycles. The van der Waals surface area contributed by atoms with E-state index in [-0.39, 0.29) is 6.04 Å². The minimum absolute atomic E-state index is 0.129. The van der Waals surface area contributed by atoms with Gasteiger partial charge in [0, 0.05) is 28.9 Å². The van der Waals surface area contributed by atoms with Crippen LogP contribution in [0.25, 0.3) is 10.8 Å². The monoisotopic (exact) mass is 241 g/mol. The molecule has 3 aromatic rings. The molecule has 84 valence electrons. The molecule has 0 radical (unpaired) electrons. The van der Waals surface area contributed by atoms with Crippen molar-refractivity contribution in [2.75, 3.05) is 0 Å². The van der Waals surface area contributed by atoms with Gasteiger partial charge in [0.15, 0.2) is 0 Å². The summed E-state index contributed by atoms with van der Waals surface area (Å²) in [6.45, 7) is 0. The summed E-state index contributed by atoms with van der Waals surface area (Å²) in [5.41, 5.74) is 9.17. The van der Waals surface area contributed by atoms with Crippen LogP contribution in [0.3, 0.4) is 0 Å². The molecule has 1 atom stereocenters. The maximum absolute atomic E-state index is 6.27. The lowest BCUT2D eigenvalue weighted by atomic mass is 10.0. The van der Waals surface area contributed by atoms with Crippen LogP contribution >= 0.6 is 11.3 Å². The van der Waals surface area contributed by atoms with Crippen LogP contribution in [0.15, 0.2) is 48.4 Å². The molecule has 1 aromatic carbocycles. The zero-order chi connectivity index (χ0) is 11.7. The van der Waals surface area contributed by atoms with E-state index in [4.69, 9.17) is 5.73 Å². The minimum atomic E-state index is -0.129. The molecule has 2 N–H and O–H groups in total. The number of nitrogens with zero attached hydrogens (tertiary/aromatic N) is 2. The van der Waals surface area contributed by atoms with Gasteiger partial charge in [0.2, 0.25) is 0 Å². The lowest BCUT2D eigenvalue weighted by molar-refractivity contribution is 0.898. The quantitative estimate of drug-likeness (QED) is 0.750. The van der Waals surface area contributed by atoms with Gasteiger partial charge in [-0.3, -0.25) is 9.97 Å². The van der Waals surface area contributed by atoms with Crippen molar-refractivity contribution in [1.82, 2.24) is 9.97 Å². The van der Waals surface area contributed by atoms with Crippen molar-refractivity contribution in [3.63, 3.8) is 0 Å². The number of thiazole rings is 1. The first-order chi connectivity index (χ1) is 8.36. The molecule has 3 nitrogen and oxygen atoms in total. The molecule has 1 unspecified atom stereocenters. The molecule has 3 rings (SSSR count). The van der Waals surface area contributed by atoms with E-state index in [0.29, 0.717) is 0 Å². The highest BCUT2D eigenvalue weighted by Gasteiger charge is 2.13. The van der Waals surface area contributed by atoms with Crippen molar-refractivity contribution >= 4 is 22.1 Å². The second kappa shape index (κ2) is 4.24. The van der Waals surface area contributed by atoms with E-state index in [1.807, 2.05) is 24.5 Å². The molecule has 0 aliphatic carbocycles. The van der Waals surface area contributed by atoms with Crippen molar-refractivity contribution in [2.45, 2.75) is 6.04 Å². The largest absolute Gasteiger partial charge is 0.320 e. The van der Waals surface area contributed by atoms with Gasteiger partial charge in [-0.05, 0) is 17.0 Å². The summed E-state index contributed by atoms with van der Waals surface area (Å²) in [5.74, 6) is 0. The SMILES string of the molecule is NC(c1cncs1)c1cccc2ccncc12. The first-order valence-corrected chi connectivity index (χ1v) is 6.21. The highest BCUT2D eigenvalue weighted by atomic mass is 32.1. The molecule has 0 spiro atoms. The summed E-state index contributed by atoms with van der Waals surface area (Å²) < 4.78 is 0. The van der Waals surface area contributed by atoms with Crippen LogP contribution in [0.2, 0.25) is 0 Å². The zero-order valence-electron chi connectivity index (χ0n) is 9.08. The second-order valence-electron chi connectivity index (χ2n) is 3.83. The Hall–Kier alpha value is -1.78. The molecular formula is C13H11N3S. The summed E-state index contributed by atoms with van der Waals surface area (Å²) in [4.78, 5) is 9.31. The van der Waals surface area contributed by atoms with E-state index < -0.39 is 0 Å². The molecule has 0 aliphatic heterocycles. The maximum atomic E-state index is 6.27. The lowest BCUT2D eigenvalue weighted by Gasteiger charge is -2.12. The predicted octanol–water partition coefficient (Wildman–Crippen LogP) is 2.74. The van der Waals surface area contributed by atoms with Gasteiger partial charge < -0.3 is 5.73 Å². The summed E-state index contributed by atoms with van der Waals surface area (Å²) in [7, 11) is 0. The van der Waals surface area contributed by atoms with Gasteiger partial charge in [0.1, 0.15) is 0 Å². The van der Waals surface area contributed by atoms with E-state index in [1.165, 1.54) is 0 Å². The summed E-state index contributed by atoms with van der Waals surface area (Å²) in [5, 5.41) is 2.27. The van der Waals surface area contributed by atoms with Crippen molar-refractivity contribution in [3.8, 4) is 0 Å². The highest BCUT2D eigenvalue weighted by Crippen LogP contribution is 2.28. The summed E-state index contributed by atoms with van der Waals surface area (Å²) in [6.07, 6.45) is 5.49. The van der Waals surface area contributed by atoms with Crippen LogP contribution < -0.4 is 5.73 Å². The van der Waals surface area contributed by atoms with Crippen molar-refractivity contribution in [2.24, 2.45) is 5.73 Å². The van der Waals surface area contributed by atoms with Gasteiger partial charge in [0.05, 0.1) is 11.6 Å². The maximum Gasteiger partial charge on any atom is 0.0794 e. The smallest absolute Gasteiger partial charge is 0.0794 e. The van der Waals surface area contributed by atoms with Gasteiger partial charge >= 0.3 is 0 Å². The summed E-state index contributed by atoms with van der Waals surface area (Å²) >= 11 is 1.58. The number of hydrogen-bond acceptors (Lipinski definition) is 4. The number of hydrogen-bond donors (Lipinski definition) is 1. The molecule has 0 amide bonds. The normalized spacial score (nSPS) is 12.8. The van der Waals surface area contributed by atoms with E-state index >= 15 is 0 Å². The lowest BCUT2D eigenvalue weighted by Crippen LogP contribution is -2.10. The van der Waals surface area contributed by atoms with Crippen LogP contribution in [0, 0.1) is 0 Å².